The highest BCUT2D eigenvalue weighted by molar-refractivity contribution is 6.32. The minimum absolute atomic E-state index is 0.00745. The highest BCUT2D eigenvalue weighted by atomic mass is 35.5. The van der Waals surface area contributed by atoms with Crippen molar-refractivity contribution in [1.29, 1.82) is 0 Å². The maximum absolute atomic E-state index is 14.5. The molecule has 0 spiro atoms. The molecule has 0 bridgehead atoms. The molecule has 0 fully saturated rings. The van der Waals surface area contributed by atoms with E-state index in [1.165, 1.54) is 20.1 Å². The summed E-state index contributed by atoms with van der Waals surface area (Å²) in [4.78, 5) is 25.7. The van der Waals surface area contributed by atoms with Crippen LogP contribution in [0.2, 0.25) is 5.02 Å². The van der Waals surface area contributed by atoms with Gasteiger partial charge in [0.15, 0.2) is 11.6 Å². The van der Waals surface area contributed by atoms with E-state index in [1.807, 2.05) is 62.1 Å². The molecule has 0 aliphatic carbocycles. The minimum atomic E-state index is -1.10. The number of benzene rings is 3. The summed E-state index contributed by atoms with van der Waals surface area (Å²) in [5, 5.41) is 11.8. The number of carbonyl (C=O) groups is 2. The SMILES string of the molecule is CCN(c1cccc(-c2cc(C)c(C(=O)N[C@@H](C)C(=O)O)c(C)c2)c1)c1cc(F)c(OC)c(Cl)c1. The van der Waals surface area contributed by atoms with Gasteiger partial charge in [-0.15, -0.1) is 0 Å². The summed E-state index contributed by atoms with van der Waals surface area (Å²) in [6, 6.07) is 13.6. The molecule has 184 valence electrons. The Kier molecular flexibility index (Phi) is 8.02. The van der Waals surface area contributed by atoms with Crippen molar-refractivity contribution in [3.05, 3.63) is 76.1 Å². The summed E-state index contributed by atoms with van der Waals surface area (Å²) < 4.78 is 19.5. The average molecular weight is 499 g/mol. The van der Waals surface area contributed by atoms with Crippen molar-refractivity contribution in [2.45, 2.75) is 33.7 Å². The van der Waals surface area contributed by atoms with Crippen LogP contribution < -0.4 is 15.0 Å². The van der Waals surface area contributed by atoms with E-state index in [9.17, 15) is 14.0 Å². The van der Waals surface area contributed by atoms with Crippen molar-refractivity contribution in [3.8, 4) is 16.9 Å². The van der Waals surface area contributed by atoms with Crippen LogP contribution in [0.3, 0.4) is 0 Å². The van der Waals surface area contributed by atoms with Gasteiger partial charge in [-0.3, -0.25) is 9.59 Å². The number of methoxy groups -OCH3 is 1. The first-order valence-corrected chi connectivity index (χ1v) is 11.5. The summed E-state index contributed by atoms with van der Waals surface area (Å²) >= 11 is 6.22. The molecule has 0 radical (unpaired) electrons. The number of hydrogen-bond donors (Lipinski definition) is 2. The van der Waals surface area contributed by atoms with Crippen LogP contribution >= 0.6 is 11.6 Å². The van der Waals surface area contributed by atoms with Crippen molar-refractivity contribution in [3.63, 3.8) is 0 Å². The maximum atomic E-state index is 14.5. The van der Waals surface area contributed by atoms with E-state index < -0.39 is 23.7 Å². The molecular formula is C27H28ClFN2O4. The number of ether oxygens (including phenoxy) is 1. The molecule has 0 saturated carbocycles. The predicted molar refractivity (Wildman–Crippen MR) is 137 cm³/mol. The maximum Gasteiger partial charge on any atom is 0.325 e. The van der Waals surface area contributed by atoms with Crippen LogP contribution in [0.5, 0.6) is 5.75 Å². The Morgan fingerprint density at radius 1 is 1.09 bits per heavy atom. The second-order valence-electron chi connectivity index (χ2n) is 8.26. The number of amides is 1. The van der Waals surface area contributed by atoms with Crippen LogP contribution in [-0.4, -0.2) is 36.7 Å². The second-order valence-corrected chi connectivity index (χ2v) is 8.66. The third-order valence-corrected chi connectivity index (χ3v) is 6.06. The third-order valence-electron chi connectivity index (χ3n) is 5.78. The number of rotatable bonds is 8. The molecule has 0 saturated heterocycles. The smallest absolute Gasteiger partial charge is 0.325 e. The molecular weight excluding hydrogens is 471 g/mol. The summed E-state index contributed by atoms with van der Waals surface area (Å²) in [6.45, 7) is 7.60. The van der Waals surface area contributed by atoms with Crippen molar-refractivity contribution < 1.29 is 23.8 Å². The molecule has 3 aromatic carbocycles. The second kappa shape index (κ2) is 10.8. The van der Waals surface area contributed by atoms with Gasteiger partial charge in [0.05, 0.1) is 12.1 Å². The Labute approximate surface area is 209 Å². The normalized spacial score (nSPS) is 11.6. The molecule has 1 amide bonds. The van der Waals surface area contributed by atoms with Crippen LogP contribution in [0.15, 0.2) is 48.5 Å². The van der Waals surface area contributed by atoms with Gasteiger partial charge >= 0.3 is 5.97 Å². The molecule has 0 aliphatic rings. The summed E-state index contributed by atoms with van der Waals surface area (Å²) in [5.74, 6) is -2.05. The standard InChI is InChI=1S/C27H28ClFN2O4/c1-6-31(21-13-22(28)25(35-5)23(29)14-21)20-9-7-8-18(12-20)19-10-15(2)24(16(3)11-19)26(32)30-17(4)27(33)34/h7-14,17H,6H2,1-5H3,(H,30,32)(H,33,34)/t17-/m0/s1. The number of aliphatic carboxylic acids is 1. The predicted octanol–water partition coefficient (Wildman–Crippen LogP) is 6.13. The molecule has 3 rings (SSSR count). The molecule has 2 N–H and O–H groups in total. The van der Waals surface area contributed by atoms with E-state index in [-0.39, 0.29) is 10.8 Å². The van der Waals surface area contributed by atoms with E-state index >= 15 is 0 Å². The zero-order valence-corrected chi connectivity index (χ0v) is 21.0. The number of hydrogen-bond acceptors (Lipinski definition) is 4. The first-order chi connectivity index (χ1) is 16.6. The van der Waals surface area contributed by atoms with Crippen LogP contribution in [-0.2, 0) is 4.79 Å². The number of anilines is 2. The van der Waals surface area contributed by atoms with Crippen LogP contribution in [0, 0.1) is 19.7 Å². The van der Waals surface area contributed by atoms with E-state index in [0.717, 1.165) is 27.9 Å². The Hall–Kier alpha value is -3.58. The number of carboxylic acid groups (broad SMARTS) is 1. The topological polar surface area (TPSA) is 78.9 Å². The monoisotopic (exact) mass is 498 g/mol. The van der Waals surface area contributed by atoms with Gasteiger partial charge in [0.1, 0.15) is 6.04 Å². The molecule has 1 atom stereocenters. The third kappa shape index (κ3) is 5.57. The van der Waals surface area contributed by atoms with Crippen molar-refractivity contribution in [1.82, 2.24) is 5.32 Å². The van der Waals surface area contributed by atoms with Crippen molar-refractivity contribution in [2.24, 2.45) is 0 Å². The fourth-order valence-electron chi connectivity index (χ4n) is 4.08. The van der Waals surface area contributed by atoms with Gasteiger partial charge in [-0.25, -0.2) is 4.39 Å². The van der Waals surface area contributed by atoms with Crippen LogP contribution in [0.4, 0.5) is 15.8 Å². The van der Waals surface area contributed by atoms with Gasteiger partial charge in [0.25, 0.3) is 5.91 Å². The zero-order valence-electron chi connectivity index (χ0n) is 20.3. The van der Waals surface area contributed by atoms with E-state index in [4.69, 9.17) is 21.4 Å². The summed E-state index contributed by atoms with van der Waals surface area (Å²) in [7, 11) is 1.37. The molecule has 0 aliphatic heterocycles. The first-order valence-electron chi connectivity index (χ1n) is 11.1. The van der Waals surface area contributed by atoms with E-state index in [0.29, 0.717) is 17.8 Å². The van der Waals surface area contributed by atoms with Gasteiger partial charge in [-0.1, -0.05) is 35.9 Å². The first kappa shape index (κ1) is 26.0. The van der Waals surface area contributed by atoms with Gasteiger partial charge < -0.3 is 20.1 Å². The highest BCUT2D eigenvalue weighted by Crippen LogP contribution is 2.36. The largest absolute Gasteiger partial charge is 0.492 e. The number of nitrogens with zero attached hydrogens (tertiary/aromatic N) is 1. The quantitative estimate of drug-likeness (QED) is 0.390. The lowest BCUT2D eigenvalue weighted by Crippen LogP contribution is -2.38. The summed E-state index contributed by atoms with van der Waals surface area (Å²) in [5.41, 5.74) is 5.18. The summed E-state index contributed by atoms with van der Waals surface area (Å²) in [6.07, 6.45) is 0. The van der Waals surface area contributed by atoms with Crippen molar-refractivity contribution in [2.75, 3.05) is 18.6 Å². The van der Waals surface area contributed by atoms with Gasteiger partial charge in [0, 0.05) is 29.5 Å². The zero-order chi connectivity index (χ0) is 25.9. The van der Waals surface area contributed by atoms with Gasteiger partial charge in [-0.05, 0) is 68.1 Å². The fraction of sp³-hybridized carbons (Fsp3) is 0.259. The lowest BCUT2D eigenvalue weighted by atomic mass is 9.94. The van der Waals surface area contributed by atoms with Crippen molar-refractivity contribution >= 4 is 34.9 Å². The number of halogens is 2. The van der Waals surface area contributed by atoms with E-state index in [2.05, 4.69) is 5.32 Å². The fourth-order valence-corrected chi connectivity index (χ4v) is 4.36. The van der Waals surface area contributed by atoms with E-state index in [1.54, 1.807) is 6.07 Å². The lowest BCUT2D eigenvalue weighted by molar-refractivity contribution is -0.138. The molecule has 0 unspecified atom stereocenters. The molecule has 6 nitrogen and oxygen atoms in total. The molecule has 8 heteroatoms. The Morgan fingerprint density at radius 3 is 2.29 bits per heavy atom. The van der Waals surface area contributed by atoms with Crippen LogP contribution in [0.25, 0.3) is 11.1 Å². The Bertz CT molecular complexity index is 1230. The average Bonchev–Trinajstić information content (AvgIpc) is 2.79. The molecule has 35 heavy (non-hydrogen) atoms. The van der Waals surface area contributed by atoms with Gasteiger partial charge in [0.2, 0.25) is 0 Å². The van der Waals surface area contributed by atoms with Crippen LogP contribution in [0.1, 0.15) is 35.3 Å². The lowest BCUT2D eigenvalue weighted by Gasteiger charge is -2.25. The molecule has 3 aromatic rings. The van der Waals surface area contributed by atoms with Gasteiger partial charge in [-0.2, -0.15) is 0 Å². The Morgan fingerprint density at radius 2 is 1.74 bits per heavy atom. The molecule has 0 heterocycles. The molecule has 0 aromatic heterocycles. The Balaban J connectivity index is 1.98. The highest BCUT2D eigenvalue weighted by Gasteiger charge is 2.20. The number of aryl methyl sites for hydroxylation is 2. The number of carbonyl (C=O) groups excluding carboxylic acids is 1. The number of carboxylic acids is 1. The minimum Gasteiger partial charge on any atom is -0.492 e. The number of nitrogens with one attached hydrogen (secondary N) is 1.